The molecule has 1 saturated heterocycles. The normalized spacial score (nSPS) is 22.2. The van der Waals surface area contributed by atoms with Crippen LogP contribution in [0, 0.1) is 5.92 Å². The van der Waals surface area contributed by atoms with Crippen molar-refractivity contribution in [3.05, 3.63) is 29.3 Å². The van der Waals surface area contributed by atoms with Gasteiger partial charge in [-0.05, 0) is 55.3 Å². The highest BCUT2D eigenvalue weighted by molar-refractivity contribution is 5.96. The Morgan fingerprint density at radius 2 is 2.19 bits per heavy atom. The third-order valence-electron chi connectivity index (χ3n) is 4.80. The molecular weight excluding hydrogens is 260 g/mol. The van der Waals surface area contributed by atoms with Gasteiger partial charge in [-0.1, -0.05) is 26.0 Å². The quantitative estimate of drug-likeness (QED) is 0.906. The minimum atomic E-state index is 0.162. The molecule has 0 aromatic heterocycles. The van der Waals surface area contributed by atoms with E-state index in [0.717, 1.165) is 51.0 Å². The van der Waals surface area contributed by atoms with E-state index in [1.165, 1.54) is 11.1 Å². The Labute approximate surface area is 127 Å². The second-order valence-electron chi connectivity index (χ2n) is 6.68. The van der Waals surface area contributed by atoms with Crippen LogP contribution in [-0.2, 0) is 11.2 Å². The highest BCUT2D eigenvalue weighted by atomic mass is 16.2. The van der Waals surface area contributed by atoms with Gasteiger partial charge < -0.3 is 10.2 Å². The third-order valence-corrected chi connectivity index (χ3v) is 4.80. The maximum atomic E-state index is 12.8. The molecule has 2 aliphatic heterocycles. The monoisotopic (exact) mass is 286 g/mol. The highest BCUT2D eigenvalue weighted by Crippen LogP contribution is 2.31. The van der Waals surface area contributed by atoms with Crippen LogP contribution in [0.3, 0.4) is 0 Å². The van der Waals surface area contributed by atoms with E-state index in [4.69, 9.17) is 0 Å². The number of anilines is 1. The number of amides is 1. The van der Waals surface area contributed by atoms with Crippen LogP contribution in [0.25, 0.3) is 0 Å². The molecule has 114 valence electrons. The molecule has 3 heteroatoms. The molecule has 0 aliphatic carbocycles. The fourth-order valence-corrected chi connectivity index (χ4v) is 3.49. The topological polar surface area (TPSA) is 32.3 Å². The average molecular weight is 286 g/mol. The van der Waals surface area contributed by atoms with Crippen LogP contribution in [0.4, 0.5) is 5.69 Å². The lowest BCUT2D eigenvalue weighted by Gasteiger charge is -2.34. The van der Waals surface area contributed by atoms with E-state index in [2.05, 4.69) is 37.4 Å². The standard InChI is InChI=1S/C18H26N2O/c1-13(2)14-7-8-17-15(11-14)6-4-10-20(17)18(21)16-5-3-9-19-12-16/h7-8,11,13,16,19H,3-6,9-10,12H2,1-2H3. The van der Waals surface area contributed by atoms with Gasteiger partial charge in [-0.25, -0.2) is 0 Å². The molecule has 2 aliphatic rings. The summed E-state index contributed by atoms with van der Waals surface area (Å²) in [6.07, 6.45) is 4.33. The lowest BCUT2D eigenvalue weighted by atomic mass is 9.92. The number of fused-ring (bicyclic) bond motifs is 1. The Hall–Kier alpha value is -1.35. The Kier molecular flexibility index (Phi) is 4.29. The minimum Gasteiger partial charge on any atom is -0.316 e. The molecule has 0 bridgehead atoms. The van der Waals surface area contributed by atoms with Crippen molar-refractivity contribution in [3.8, 4) is 0 Å². The van der Waals surface area contributed by atoms with E-state index in [0.29, 0.717) is 11.8 Å². The number of aryl methyl sites for hydroxylation is 1. The molecule has 2 heterocycles. The molecule has 0 saturated carbocycles. The largest absolute Gasteiger partial charge is 0.316 e. The zero-order valence-corrected chi connectivity index (χ0v) is 13.2. The zero-order valence-electron chi connectivity index (χ0n) is 13.2. The molecule has 21 heavy (non-hydrogen) atoms. The van der Waals surface area contributed by atoms with Gasteiger partial charge in [-0.3, -0.25) is 4.79 Å². The summed E-state index contributed by atoms with van der Waals surface area (Å²) in [7, 11) is 0. The molecule has 1 aromatic rings. The smallest absolute Gasteiger partial charge is 0.231 e. The van der Waals surface area contributed by atoms with E-state index in [1.54, 1.807) is 0 Å². The number of hydrogen-bond donors (Lipinski definition) is 1. The van der Waals surface area contributed by atoms with Gasteiger partial charge >= 0.3 is 0 Å². The molecule has 3 nitrogen and oxygen atoms in total. The first-order chi connectivity index (χ1) is 10.2. The van der Waals surface area contributed by atoms with Crippen LogP contribution in [0.5, 0.6) is 0 Å². The molecule has 1 fully saturated rings. The van der Waals surface area contributed by atoms with E-state index in [1.807, 2.05) is 4.90 Å². The maximum absolute atomic E-state index is 12.8. The van der Waals surface area contributed by atoms with Crippen molar-refractivity contribution in [1.82, 2.24) is 5.32 Å². The summed E-state index contributed by atoms with van der Waals surface area (Å²) in [5.74, 6) is 1.03. The summed E-state index contributed by atoms with van der Waals surface area (Å²) in [4.78, 5) is 14.9. The fourth-order valence-electron chi connectivity index (χ4n) is 3.49. The summed E-state index contributed by atoms with van der Waals surface area (Å²) < 4.78 is 0. The number of nitrogens with zero attached hydrogens (tertiary/aromatic N) is 1. The van der Waals surface area contributed by atoms with Crippen LogP contribution in [0.15, 0.2) is 18.2 Å². The number of hydrogen-bond acceptors (Lipinski definition) is 2. The van der Waals surface area contributed by atoms with Gasteiger partial charge in [0.05, 0.1) is 5.92 Å². The summed E-state index contributed by atoms with van der Waals surface area (Å²) in [5.41, 5.74) is 3.88. The lowest BCUT2D eigenvalue weighted by Crippen LogP contribution is -2.45. The summed E-state index contributed by atoms with van der Waals surface area (Å²) in [5, 5.41) is 3.36. The number of carbonyl (C=O) groups is 1. The van der Waals surface area contributed by atoms with Crippen molar-refractivity contribution >= 4 is 11.6 Å². The second-order valence-corrected chi connectivity index (χ2v) is 6.68. The van der Waals surface area contributed by atoms with Crippen molar-refractivity contribution in [3.63, 3.8) is 0 Å². The van der Waals surface area contributed by atoms with Gasteiger partial charge in [0.1, 0.15) is 0 Å². The van der Waals surface area contributed by atoms with Crippen molar-refractivity contribution in [2.24, 2.45) is 5.92 Å². The lowest BCUT2D eigenvalue weighted by molar-refractivity contribution is -0.122. The summed E-state index contributed by atoms with van der Waals surface area (Å²) in [6, 6.07) is 6.66. The summed E-state index contributed by atoms with van der Waals surface area (Å²) in [6.45, 7) is 7.22. The SMILES string of the molecule is CC(C)c1ccc2c(c1)CCCN2C(=O)C1CCCNC1. The van der Waals surface area contributed by atoms with Crippen LogP contribution in [0.2, 0.25) is 0 Å². The van der Waals surface area contributed by atoms with Crippen molar-refractivity contribution in [1.29, 1.82) is 0 Å². The Bertz CT molecular complexity index is 518. The molecule has 1 unspecified atom stereocenters. The maximum Gasteiger partial charge on any atom is 0.231 e. The first kappa shape index (κ1) is 14.6. The average Bonchev–Trinajstić information content (AvgIpc) is 2.54. The van der Waals surface area contributed by atoms with Gasteiger partial charge in [0.25, 0.3) is 0 Å². The Morgan fingerprint density at radius 1 is 1.33 bits per heavy atom. The van der Waals surface area contributed by atoms with Crippen LogP contribution >= 0.6 is 0 Å². The van der Waals surface area contributed by atoms with E-state index >= 15 is 0 Å². The van der Waals surface area contributed by atoms with Gasteiger partial charge in [-0.15, -0.1) is 0 Å². The highest BCUT2D eigenvalue weighted by Gasteiger charge is 2.29. The van der Waals surface area contributed by atoms with E-state index in [-0.39, 0.29) is 5.92 Å². The second kappa shape index (κ2) is 6.18. The Morgan fingerprint density at radius 3 is 2.90 bits per heavy atom. The van der Waals surface area contributed by atoms with Crippen LogP contribution < -0.4 is 10.2 Å². The van der Waals surface area contributed by atoms with E-state index < -0.39 is 0 Å². The molecule has 1 aromatic carbocycles. The van der Waals surface area contributed by atoms with Crippen molar-refractivity contribution in [2.75, 3.05) is 24.5 Å². The number of carbonyl (C=O) groups excluding carboxylic acids is 1. The number of benzene rings is 1. The number of rotatable bonds is 2. The summed E-state index contributed by atoms with van der Waals surface area (Å²) >= 11 is 0. The van der Waals surface area contributed by atoms with Gasteiger partial charge in [0.2, 0.25) is 5.91 Å². The molecule has 3 rings (SSSR count). The third kappa shape index (κ3) is 2.98. The first-order valence-electron chi connectivity index (χ1n) is 8.31. The van der Waals surface area contributed by atoms with Crippen molar-refractivity contribution < 1.29 is 4.79 Å². The van der Waals surface area contributed by atoms with Crippen LogP contribution in [0.1, 0.15) is 50.2 Å². The van der Waals surface area contributed by atoms with Crippen LogP contribution in [-0.4, -0.2) is 25.5 Å². The fraction of sp³-hybridized carbons (Fsp3) is 0.611. The van der Waals surface area contributed by atoms with Gasteiger partial charge in [0, 0.05) is 18.8 Å². The van der Waals surface area contributed by atoms with Crippen molar-refractivity contribution in [2.45, 2.75) is 45.4 Å². The van der Waals surface area contributed by atoms with Gasteiger partial charge in [-0.2, -0.15) is 0 Å². The minimum absolute atomic E-state index is 0.162. The predicted molar refractivity (Wildman–Crippen MR) is 86.8 cm³/mol. The first-order valence-corrected chi connectivity index (χ1v) is 8.31. The van der Waals surface area contributed by atoms with E-state index in [9.17, 15) is 4.79 Å². The number of nitrogens with one attached hydrogen (secondary N) is 1. The molecule has 0 radical (unpaired) electrons. The molecule has 1 amide bonds. The molecular formula is C18H26N2O. The molecule has 0 spiro atoms. The molecule has 1 N–H and O–H groups in total. The Balaban J connectivity index is 1.84. The predicted octanol–water partition coefficient (Wildman–Crippen LogP) is 3.09. The zero-order chi connectivity index (χ0) is 14.8. The molecule has 1 atom stereocenters. The van der Waals surface area contributed by atoms with Gasteiger partial charge in [0.15, 0.2) is 0 Å². The number of piperidine rings is 1.